The topological polar surface area (TPSA) is 66.9 Å². The van der Waals surface area contributed by atoms with Crippen molar-refractivity contribution in [1.82, 2.24) is 9.97 Å². The van der Waals surface area contributed by atoms with Crippen LogP contribution in [0, 0.1) is 6.92 Å². The summed E-state index contributed by atoms with van der Waals surface area (Å²) in [6, 6.07) is 13.2. The second-order valence-electron chi connectivity index (χ2n) is 5.69. The predicted molar refractivity (Wildman–Crippen MR) is 105 cm³/mol. The summed E-state index contributed by atoms with van der Waals surface area (Å²) < 4.78 is 0. The van der Waals surface area contributed by atoms with Gasteiger partial charge in [0.15, 0.2) is 0 Å². The first-order valence-electron chi connectivity index (χ1n) is 7.90. The van der Waals surface area contributed by atoms with Gasteiger partial charge in [-0.2, -0.15) is 0 Å². The van der Waals surface area contributed by atoms with Gasteiger partial charge in [-0.3, -0.25) is 4.79 Å². The van der Waals surface area contributed by atoms with E-state index in [0.29, 0.717) is 33.8 Å². The average Bonchev–Trinajstić information content (AvgIpc) is 2.64. The third kappa shape index (κ3) is 4.50. The molecule has 0 saturated carbocycles. The molecular formula is C19H16Cl2N4O. The Kier molecular flexibility index (Phi) is 5.71. The molecule has 132 valence electrons. The highest BCUT2D eigenvalue weighted by atomic mass is 35.5. The number of aryl methyl sites for hydroxylation is 1. The van der Waals surface area contributed by atoms with Crippen molar-refractivity contribution in [2.45, 2.75) is 13.5 Å². The summed E-state index contributed by atoms with van der Waals surface area (Å²) in [7, 11) is 0. The van der Waals surface area contributed by atoms with Crippen molar-refractivity contribution in [3.05, 3.63) is 81.6 Å². The number of nitrogens with zero attached hydrogens (tertiary/aromatic N) is 2. The summed E-state index contributed by atoms with van der Waals surface area (Å²) in [5.74, 6) is 0.0863. The number of hydrogen-bond donors (Lipinski definition) is 2. The molecule has 1 amide bonds. The smallest absolute Gasteiger partial charge is 0.258 e. The molecule has 0 bridgehead atoms. The summed E-state index contributed by atoms with van der Waals surface area (Å²) in [5.41, 5.74) is 3.08. The van der Waals surface area contributed by atoms with Gasteiger partial charge in [-0.25, -0.2) is 9.97 Å². The molecule has 5 nitrogen and oxygen atoms in total. The Morgan fingerprint density at radius 3 is 2.54 bits per heavy atom. The number of benzene rings is 2. The van der Waals surface area contributed by atoms with Crippen molar-refractivity contribution in [3.8, 4) is 0 Å². The molecule has 26 heavy (non-hydrogen) atoms. The molecular weight excluding hydrogens is 371 g/mol. The maximum Gasteiger partial charge on any atom is 0.258 e. The van der Waals surface area contributed by atoms with Crippen LogP contribution >= 0.6 is 23.2 Å². The van der Waals surface area contributed by atoms with Crippen molar-refractivity contribution >= 4 is 40.7 Å². The van der Waals surface area contributed by atoms with Gasteiger partial charge >= 0.3 is 0 Å². The summed E-state index contributed by atoms with van der Waals surface area (Å²) in [6.45, 7) is 2.64. The molecule has 1 aromatic heterocycles. The SMILES string of the molecule is Cc1cccc(CNc2ncc(C(=O)Nc3cccc(Cl)c3Cl)cn2)c1. The second-order valence-corrected chi connectivity index (χ2v) is 6.48. The number of carbonyl (C=O) groups is 1. The Morgan fingerprint density at radius 1 is 1.08 bits per heavy atom. The number of amides is 1. The summed E-state index contributed by atoms with van der Waals surface area (Å²) in [4.78, 5) is 20.6. The van der Waals surface area contributed by atoms with Crippen LogP contribution in [0.25, 0.3) is 0 Å². The molecule has 7 heteroatoms. The Hall–Kier alpha value is -2.63. The third-order valence-corrected chi connectivity index (χ3v) is 4.47. The minimum atomic E-state index is -0.362. The standard InChI is InChI=1S/C19H16Cl2N4O/c1-12-4-2-5-13(8-12)9-22-19-23-10-14(11-24-19)18(26)25-16-7-3-6-15(20)17(16)21/h2-8,10-11H,9H2,1H3,(H,25,26)(H,22,23,24). The lowest BCUT2D eigenvalue weighted by Gasteiger charge is -2.09. The highest BCUT2D eigenvalue weighted by Crippen LogP contribution is 2.29. The number of aromatic nitrogens is 2. The zero-order valence-electron chi connectivity index (χ0n) is 14.0. The fraction of sp³-hybridized carbons (Fsp3) is 0.105. The van der Waals surface area contributed by atoms with E-state index < -0.39 is 0 Å². The van der Waals surface area contributed by atoms with Gasteiger partial charge in [-0.15, -0.1) is 0 Å². The van der Waals surface area contributed by atoms with E-state index in [1.807, 2.05) is 25.1 Å². The van der Waals surface area contributed by atoms with Crippen LogP contribution in [-0.2, 0) is 6.54 Å². The van der Waals surface area contributed by atoms with Crippen LogP contribution in [0.3, 0.4) is 0 Å². The van der Waals surface area contributed by atoms with Crippen LogP contribution in [-0.4, -0.2) is 15.9 Å². The van der Waals surface area contributed by atoms with E-state index in [9.17, 15) is 4.79 Å². The Bertz CT molecular complexity index is 929. The monoisotopic (exact) mass is 386 g/mol. The first kappa shape index (κ1) is 18.2. The highest BCUT2D eigenvalue weighted by molar-refractivity contribution is 6.44. The first-order chi connectivity index (χ1) is 12.5. The van der Waals surface area contributed by atoms with Crippen LogP contribution in [0.5, 0.6) is 0 Å². The van der Waals surface area contributed by atoms with Gasteiger partial charge in [0.05, 0.1) is 21.3 Å². The Balaban J connectivity index is 1.63. The molecule has 3 rings (SSSR count). The van der Waals surface area contributed by atoms with Crippen molar-refractivity contribution in [1.29, 1.82) is 0 Å². The Labute approximate surface area is 161 Å². The molecule has 2 N–H and O–H groups in total. The van der Waals surface area contributed by atoms with Gasteiger partial charge in [0.2, 0.25) is 5.95 Å². The molecule has 0 saturated heterocycles. The summed E-state index contributed by atoms with van der Waals surface area (Å²) in [5, 5.41) is 6.49. The van der Waals surface area contributed by atoms with E-state index >= 15 is 0 Å². The summed E-state index contributed by atoms with van der Waals surface area (Å²) >= 11 is 12.0. The van der Waals surface area contributed by atoms with E-state index in [2.05, 4.69) is 26.7 Å². The van der Waals surface area contributed by atoms with Crippen molar-refractivity contribution < 1.29 is 4.79 Å². The van der Waals surface area contributed by atoms with Gasteiger partial charge in [0.1, 0.15) is 0 Å². The molecule has 1 heterocycles. The van der Waals surface area contributed by atoms with Crippen molar-refractivity contribution in [2.75, 3.05) is 10.6 Å². The fourth-order valence-electron chi connectivity index (χ4n) is 2.33. The number of halogens is 2. The minimum Gasteiger partial charge on any atom is -0.350 e. The number of rotatable bonds is 5. The van der Waals surface area contributed by atoms with Gasteiger partial charge in [-0.1, -0.05) is 59.1 Å². The van der Waals surface area contributed by atoms with E-state index in [-0.39, 0.29) is 5.91 Å². The van der Waals surface area contributed by atoms with Gasteiger partial charge in [0.25, 0.3) is 5.91 Å². The lowest BCUT2D eigenvalue weighted by atomic mass is 10.1. The van der Waals surface area contributed by atoms with Crippen LogP contribution in [0.4, 0.5) is 11.6 Å². The highest BCUT2D eigenvalue weighted by Gasteiger charge is 2.11. The maximum atomic E-state index is 12.3. The van der Waals surface area contributed by atoms with Gasteiger partial charge < -0.3 is 10.6 Å². The van der Waals surface area contributed by atoms with E-state index in [1.165, 1.54) is 18.0 Å². The second kappa shape index (κ2) is 8.17. The average molecular weight is 387 g/mol. The fourth-order valence-corrected chi connectivity index (χ4v) is 2.68. The first-order valence-corrected chi connectivity index (χ1v) is 8.65. The molecule has 0 atom stereocenters. The minimum absolute atomic E-state index is 0.292. The number of anilines is 2. The van der Waals surface area contributed by atoms with E-state index in [1.54, 1.807) is 18.2 Å². The van der Waals surface area contributed by atoms with Crippen molar-refractivity contribution in [3.63, 3.8) is 0 Å². The summed E-state index contributed by atoms with van der Waals surface area (Å²) in [6.07, 6.45) is 2.92. The molecule has 2 aromatic carbocycles. The van der Waals surface area contributed by atoms with E-state index in [4.69, 9.17) is 23.2 Å². The van der Waals surface area contributed by atoms with Crippen LogP contribution in [0.15, 0.2) is 54.9 Å². The van der Waals surface area contributed by atoms with Crippen LogP contribution < -0.4 is 10.6 Å². The van der Waals surface area contributed by atoms with Gasteiger partial charge in [0, 0.05) is 18.9 Å². The largest absolute Gasteiger partial charge is 0.350 e. The predicted octanol–water partition coefficient (Wildman–Crippen LogP) is 4.96. The molecule has 0 aliphatic heterocycles. The van der Waals surface area contributed by atoms with Crippen LogP contribution in [0.2, 0.25) is 10.0 Å². The molecule has 0 aliphatic carbocycles. The maximum absolute atomic E-state index is 12.3. The number of carbonyl (C=O) groups excluding carboxylic acids is 1. The normalized spacial score (nSPS) is 10.4. The number of nitrogens with one attached hydrogen (secondary N) is 2. The van der Waals surface area contributed by atoms with E-state index in [0.717, 1.165) is 5.56 Å². The third-order valence-electron chi connectivity index (χ3n) is 3.65. The van der Waals surface area contributed by atoms with Gasteiger partial charge in [-0.05, 0) is 24.6 Å². The van der Waals surface area contributed by atoms with Crippen LogP contribution in [0.1, 0.15) is 21.5 Å². The molecule has 0 unspecified atom stereocenters. The zero-order valence-corrected chi connectivity index (χ0v) is 15.5. The molecule has 0 radical (unpaired) electrons. The molecule has 0 aliphatic rings. The quantitative estimate of drug-likeness (QED) is 0.650. The molecule has 0 spiro atoms. The zero-order chi connectivity index (χ0) is 18.5. The van der Waals surface area contributed by atoms with Crippen molar-refractivity contribution in [2.24, 2.45) is 0 Å². The number of hydrogen-bond acceptors (Lipinski definition) is 4. The molecule has 0 fully saturated rings. The Morgan fingerprint density at radius 2 is 1.81 bits per heavy atom. The molecule has 3 aromatic rings. The lowest BCUT2D eigenvalue weighted by molar-refractivity contribution is 0.102. The lowest BCUT2D eigenvalue weighted by Crippen LogP contribution is -2.14.